The number of carbonyl (C=O) groups excluding carboxylic acids is 1. The molecule has 0 atom stereocenters. The van der Waals surface area contributed by atoms with Crippen molar-refractivity contribution in [1.29, 1.82) is 0 Å². The molecule has 4 aromatic rings. The van der Waals surface area contributed by atoms with Gasteiger partial charge in [-0.15, -0.1) is 0 Å². The van der Waals surface area contributed by atoms with Crippen molar-refractivity contribution in [1.82, 2.24) is 9.78 Å². The number of hydrogen-bond donors (Lipinski definition) is 1. The molecule has 0 aliphatic carbocycles. The molecule has 1 amide bonds. The normalized spacial score (nSPS) is 10.6. The summed E-state index contributed by atoms with van der Waals surface area (Å²) in [6, 6.07) is 20.3. The number of para-hydroxylation sites is 1. The number of anilines is 1. The highest BCUT2D eigenvalue weighted by atomic mass is 35.5. The summed E-state index contributed by atoms with van der Waals surface area (Å²) in [7, 11) is 3.17. The van der Waals surface area contributed by atoms with E-state index in [4.69, 9.17) is 26.2 Å². The Morgan fingerprint density at radius 3 is 2.47 bits per heavy atom. The molecule has 0 aliphatic heterocycles. The third-order valence-electron chi connectivity index (χ3n) is 5.08. The number of carbonyl (C=O) groups is 1. The van der Waals surface area contributed by atoms with Gasteiger partial charge in [-0.05, 0) is 61.0 Å². The SMILES string of the molecule is COc1ccc(OC)c(-c2nn(-c3ccccc3)cc2C(=O)Nc2ccc(Cl)cc2C)c1. The zero-order valence-corrected chi connectivity index (χ0v) is 18.7. The van der Waals surface area contributed by atoms with Gasteiger partial charge in [0.2, 0.25) is 0 Å². The molecule has 162 valence electrons. The zero-order valence-electron chi connectivity index (χ0n) is 17.9. The third-order valence-corrected chi connectivity index (χ3v) is 5.31. The van der Waals surface area contributed by atoms with Gasteiger partial charge in [0.25, 0.3) is 5.91 Å². The number of rotatable bonds is 6. The lowest BCUT2D eigenvalue weighted by molar-refractivity contribution is 0.102. The second-order valence-electron chi connectivity index (χ2n) is 7.15. The van der Waals surface area contributed by atoms with Gasteiger partial charge >= 0.3 is 0 Å². The Bertz CT molecular complexity index is 1270. The maximum absolute atomic E-state index is 13.4. The largest absolute Gasteiger partial charge is 0.497 e. The van der Waals surface area contributed by atoms with E-state index in [1.54, 1.807) is 61.5 Å². The molecule has 1 heterocycles. The first kappa shape index (κ1) is 21.5. The minimum atomic E-state index is -0.294. The van der Waals surface area contributed by atoms with Gasteiger partial charge in [0.05, 0.1) is 25.5 Å². The van der Waals surface area contributed by atoms with Gasteiger partial charge in [0.1, 0.15) is 17.2 Å². The predicted octanol–water partition coefficient (Wildman–Crippen LogP) is 5.77. The highest BCUT2D eigenvalue weighted by Crippen LogP contribution is 2.35. The Labute approximate surface area is 191 Å². The van der Waals surface area contributed by atoms with Crippen molar-refractivity contribution in [3.63, 3.8) is 0 Å². The van der Waals surface area contributed by atoms with Gasteiger partial charge in [-0.1, -0.05) is 29.8 Å². The lowest BCUT2D eigenvalue weighted by Crippen LogP contribution is -2.13. The fourth-order valence-electron chi connectivity index (χ4n) is 3.41. The zero-order chi connectivity index (χ0) is 22.7. The second kappa shape index (κ2) is 9.16. The summed E-state index contributed by atoms with van der Waals surface area (Å²) in [5.41, 5.74) is 3.90. The van der Waals surface area contributed by atoms with Crippen LogP contribution in [-0.2, 0) is 0 Å². The average Bonchev–Trinajstić information content (AvgIpc) is 3.26. The number of ether oxygens (including phenoxy) is 2. The molecule has 3 aromatic carbocycles. The number of aromatic nitrogens is 2. The number of halogens is 1. The van der Waals surface area contributed by atoms with Gasteiger partial charge in [0.15, 0.2) is 0 Å². The number of amides is 1. The van der Waals surface area contributed by atoms with Crippen molar-refractivity contribution >= 4 is 23.2 Å². The molecule has 0 radical (unpaired) electrons. The fraction of sp³-hybridized carbons (Fsp3) is 0.120. The predicted molar refractivity (Wildman–Crippen MR) is 126 cm³/mol. The third kappa shape index (κ3) is 4.31. The summed E-state index contributed by atoms with van der Waals surface area (Å²) in [6.45, 7) is 1.89. The van der Waals surface area contributed by atoms with Gasteiger partial charge in [-0.25, -0.2) is 4.68 Å². The molecule has 4 rings (SSSR count). The van der Waals surface area contributed by atoms with Gasteiger partial charge < -0.3 is 14.8 Å². The van der Waals surface area contributed by atoms with Crippen LogP contribution in [-0.4, -0.2) is 29.9 Å². The van der Waals surface area contributed by atoms with E-state index in [1.807, 2.05) is 37.3 Å². The second-order valence-corrected chi connectivity index (χ2v) is 7.59. The van der Waals surface area contributed by atoms with Crippen LogP contribution in [0.25, 0.3) is 16.9 Å². The lowest BCUT2D eigenvalue weighted by Gasteiger charge is -2.11. The summed E-state index contributed by atoms with van der Waals surface area (Å²) < 4.78 is 12.6. The number of methoxy groups -OCH3 is 2. The van der Waals surface area contributed by atoms with Crippen LogP contribution in [0.3, 0.4) is 0 Å². The minimum absolute atomic E-state index is 0.294. The summed E-state index contributed by atoms with van der Waals surface area (Å²) >= 11 is 6.06. The fourth-order valence-corrected chi connectivity index (χ4v) is 3.63. The number of benzene rings is 3. The van der Waals surface area contributed by atoms with Crippen LogP contribution in [0.1, 0.15) is 15.9 Å². The van der Waals surface area contributed by atoms with Gasteiger partial charge in [-0.3, -0.25) is 4.79 Å². The molecule has 7 heteroatoms. The Hall–Kier alpha value is -3.77. The topological polar surface area (TPSA) is 65.4 Å². The summed E-state index contributed by atoms with van der Waals surface area (Å²) in [5.74, 6) is 0.924. The van der Waals surface area contributed by atoms with Crippen LogP contribution >= 0.6 is 11.6 Å². The molecule has 0 unspecified atom stereocenters. The van der Waals surface area contributed by atoms with Crippen LogP contribution in [0, 0.1) is 6.92 Å². The van der Waals surface area contributed by atoms with Gasteiger partial charge in [-0.2, -0.15) is 5.10 Å². The summed E-state index contributed by atoms with van der Waals surface area (Å²) in [5, 5.41) is 8.32. The molecular weight excluding hydrogens is 426 g/mol. The van der Waals surface area contributed by atoms with E-state index in [9.17, 15) is 4.79 Å². The Morgan fingerprint density at radius 2 is 1.78 bits per heavy atom. The molecule has 0 aliphatic rings. The maximum atomic E-state index is 13.4. The van der Waals surface area contributed by atoms with E-state index in [1.165, 1.54) is 0 Å². The first-order valence-corrected chi connectivity index (χ1v) is 10.3. The van der Waals surface area contributed by atoms with E-state index in [2.05, 4.69) is 5.32 Å². The van der Waals surface area contributed by atoms with Crippen molar-refractivity contribution in [3.8, 4) is 28.4 Å². The summed E-state index contributed by atoms with van der Waals surface area (Å²) in [6.07, 6.45) is 1.71. The van der Waals surface area contributed by atoms with E-state index in [0.29, 0.717) is 39.0 Å². The van der Waals surface area contributed by atoms with Crippen molar-refractivity contribution < 1.29 is 14.3 Å². The number of aryl methyl sites for hydroxylation is 1. The molecule has 0 bridgehead atoms. The molecule has 0 fully saturated rings. The monoisotopic (exact) mass is 447 g/mol. The molecule has 0 spiro atoms. The average molecular weight is 448 g/mol. The first-order valence-electron chi connectivity index (χ1n) is 9.95. The number of hydrogen-bond acceptors (Lipinski definition) is 4. The quantitative estimate of drug-likeness (QED) is 0.407. The number of nitrogens with zero attached hydrogens (tertiary/aromatic N) is 2. The molecule has 0 saturated carbocycles. The summed E-state index contributed by atoms with van der Waals surface area (Å²) in [4.78, 5) is 13.4. The highest BCUT2D eigenvalue weighted by molar-refractivity contribution is 6.30. The Balaban J connectivity index is 1.84. The van der Waals surface area contributed by atoms with E-state index < -0.39 is 0 Å². The molecular formula is C25H22ClN3O3. The highest BCUT2D eigenvalue weighted by Gasteiger charge is 2.22. The van der Waals surface area contributed by atoms with Crippen molar-refractivity contribution in [3.05, 3.63) is 89.1 Å². The van der Waals surface area contributed by atoms with E-state index >= 15 is 0 Å². The smallest absolute Gasteiger partial charge is 0.259 e. The molecule has 0 saturated heterocycles. The van der Waals surface area contributed by atoms with E-state index in [0.717, 1.165) is 11.3 Å². The first-order chi connectivity index (χ1) is 15.5. The van der Waals surface area contributed by atoms with Crippen LogP contribution < -0.4 is 14.8 Å². The molecule has 1 N–H and O–H groups in total. The van der Waals surface area contributed by atoms with Crippen molar-refractivity contribution in [2.24, 2.45) is 0 Å². The Kier molecular flexibility index (Phi) is 6.14. The van der Waals surface area contributed by atoms with Crippen molar-refractivity contribution in [2.45, 2.75) is 6.92 Å². The van der Waals surface area contributed by atoms with Crippen LogP contribution in [0.2, 0.25) is 5.02 Å². The molecule has 6 nitrogen and oxygen atoms in total. The van der Waals surface area contributed by atoms with Crippen LogP contribution in [0.4, 0.5) is 5.69 Å². The van der Waals surface area contributed by atoms with Crippen molar-refractivity contribution in [2.75, 3.05) is 19.5 Å². The lowest BCUT2D eigenvalue weighted by atomic mass is 10.1. The number of nitrogens with one attached hydrogen (secondary N) is 1. The van der Waals surface area contributed by atoms with Crippen LogP contribution in [0.15, 0.2) is 72.9 Å². The maximum Gasteiger partial charge on any atom is 0.259 e. The van der Waals surface area contributed by atoms with Crippen LogP contribution in [0.5, 0.6) is 11.5 Å². The molecule has 1 aromatic heterocycles. The van der Waals surface area contributed by atoms with Gasteiger partial charge in [0, 0.05) is 22.5 Å². The Morgan fingerprint density at radius 1 is 1.00 bits per heavy atom. The standard InChI is InChI=1S/C25H22ClN3O3/c1-16-13-17(26)9-11-22(16)27-25(30)21-15-29(18-7-5-4-6-8-18)28-24(21)20-14-19(31-2)10-12-23(20)32-3/h4-15H,1-3H3,(H,27,30). The van der Waals surface area contributed by atoms with E-state index in [-0.39, 0.29) is 5.91 Å². The minimum Gasteiger partial charge on any atom is -0.497 e. The molecule has 32 heavy (non-hydrogen) atoms.